The molecule has 2 aliphatic heterocycles. The number of anilines is 1. The largest absolute Gasteiger partial charge is 0.486 e. The number of carbonyl (C=O) groups excluding carboxylic acids is 1. The topological polar surface area (TPSA) is 152 Å². The summed E-state index contributed by atoms with van der Waals surface area (Å²) in [5.74, 6) is -2.21. The minimum Gasteiger partial charge on any atom is -0.486 e. The molecular weight excluding hydrogens is 476 g/mol. The van der Waals surface area contributed by atoms with Crippen LogP contribution in [0.2, 0.25) is 0 Å². The van der Waals surface area contributed by atoms with Gasteiger partial charge in [-0.05, 0) is 52.6 Å². The van der Waals surface area contributed by atoms with Gasteiger partial charge in [0.25, 0.3) is 0 Å². The van der Waals surface area contributed by atoms with E-state index in [2.05, 4.69) is 19.9 Å². The maximum absolute atomic E-state index is 12.9. The van der Waals surface area contributed by atoms with Crippen LogP contribution >= 0.6 is 0 Å². The zero-order valence-electron chi connectivity index (χ0n) is 18.8. The number of aromatic nitrogens is 2. The molecule has 1 aromatic heterocycles. The van der Waals surface area contributed by atoms with E-state index in [0.29, 0.717) is 24.2 Å². The van der Waals surface area contributed by atoms with Crippen LogP contribution in [0.1, 0.15) is 35.2 Å². The Labute approximate surface area is 201 Å². The molecule has 2 N–H and O–H groups in total. The molecule has 0 bridgehead atoms. The third kappa shape index (κ3) is 5.13. The highest BCUT2D eigenvalue weighted by Gasteiger charge is 2.43. The molecule has 184 valence electrons. The smallest absolute Gasteiger partial charge is 0.320 e. The number of rotatable bonds is 7. The number of carboxylic acids is 1. The lowest BCUT2D eigenvalue weighted by Gasteiger charge is -2.44. The Balaban J connectivity index is 1.20. The van der Waals surface area contributed by atoms with E-state index in [1.165, 1.54) is 12.1 Å². The van der Waals surface area contributed by atoms with Crippen molar-refractivity contribution in [1.82, 2.24) is 15.2 Å². The summed E-state index contributed by atoms with van der Waals surface area (Å²) in [5.41, 5.74) is 2.49. The Bertz CT molecular complexity index is 1390. The molecule has 12 heteroatoms. The van der Waals surface area contributed by atoms with Crippen molar-refractivity contribution >= 4 is 38.5 Å². The number of fused-ring (bicyclic) bond motifs is 2. The first-order valence-corrected chi connectivity index (χ1v) is 12.9. The van der Waals surface area contributed by atoms with Crippen LogP contribution in [-0.4, -0.2) is 71.5 Å². The predicted molar refractivity (Wildman–Crippen MR) is 125 cm³/mol. The van der Waals surface area contributed by atoms with Crippen molar-refractivity contribution in [2.45, 2.75) is 31.3 Å². The van der Waals surface area contributed by atoms with Gasteiger partial charge in [0.05, 0.1) is 12.0 Å². The lowest BCUT2D eigenvalue weighted by Crippen LogP contribution is -2.51. The van der Waals surface area contributed by atoms with Crippen molar-refractivity contribution in [3.63, 3.8) is 0 Å². The van der Waals surface area contributed by atoms with E-state index in [9.17, 15) is 18.0 Å². The van der Waals surface area contributed by atoms with Crippen molar-refractivity contribution in [2.24, 2.45) is 0 Å². The van der Waals surface area contributed by atoms with Crippen LogP contribution in [0.5, 0.6) is 5.75 Å². The Morgan fingerprint density at radius 1 is 1.11 bits per heavy atom. The summed E-state index contributed by atoms with van der Waals surface area (Å²) in [6, 6.07) is 10.3. The normalized spacial score (nSPS) is 17.8. The molecule has 1 spiro atoms. The first-order valence-electron chi connectivity index (χ1n) is 11.2. The zero-order chi connectivity index (χ0) is 24.6. The van der Waals surface area contributed by atoms with Gasteiger partial charge in [0, 0.05) is 38.2 Å². The standard InChI is InChI=1S/C23H24N4O7S/c28-20-13-23(33-21-4-2-16(12-17(20)21)26-35(31,32)14-22(29)30)6-9-27(10-7-23)8-5-15-1-3-18-19(11-15)25-34-24-18/h1-4,11-12,26H,5-10,13-14H2,(H,29,30). The third-order valence-corrected chi connectivity index (χ3v) is 7.65. The number of piperidine rings is 1. The molecule has 2 aromatic carbocycles. The van der Waals surface area contributed by atoms with Gasteiger partial charge in [-0.3, -0.25) is 14.3 Å². The van der Waals surface area contributed by atoms with E-state index in [1.54, 1.807) is 6.07 Å². The molecule has 0 aliphatic carbocycles. The lowest BCUT2D eigenvalue weighted by atomic mass is 9.82. The molecule has 2 aliphatic rings. The van der Waals surface area contributed by atoms with E-state index in [0.717, 1.165) is 42.7 Å². The van der Waals surface area contributed by atoms with Gasteiger partial charge in [0.1, 0.15) is 22.4 Å². The molecule has 35 heavy (non-hydrogen) atoms. The summed E-state index contributed by atoms with van der Waals surface area (Å²) in [6.45, 7) is 2.46. The van der Waals surface area contributed by atoms with Crippen molar-refractivity contribution in [3.05, 3.63) is 47.5 Å². The second-order valence-corrected chi connectivity index (χ2v) is 10.8. The maximum atomic E-state index is 12.9. The number of Topliss-reactive ketones (excluding diaryl/α,β-unsaturated/α-hetero) is 1. The lowest BCUT2D eigenvalue weighted by molar-refractivity contribution is -0.134. The van der Waals surface area contributed by atoms with Crippen LogP contribution < -0.4 is 9.46 Å². The summed E-state index contributed by atoms with van der Waals surface area (Å²) < 4.78 is 37.0. The number of ketones is 1. The van der Waals surface area contributed by atoms with Gasteiger partial charge in [-0.25, -0.2) is 13.0 Å². The first kappa shape index (κ1) is 23.2. The van der Waals surface area contributed by atoms with E-state index in [-0.39, 0.29) is 17.9 Å². The summed E-state index contributed by atoms with van der Waals surface area (Å²) in [5, 5.41) is 16.4. The monoisotopic (exact) mass is 500 g/mol. The fraction of sp³-hybridized carbons (Fsp3) is 0.391. The number of benzene rings is 2. The molecule has 0 atom stereocenters. The van der Waals surface area contributed by atoms with Crippen LogP contribution in [0.15, 0.2) is 41.0 Å². The van der Waals surface area contributed by atoms with Gasteiger partial charge in [0.15, 0.2) is 11.5 Å². The number of carbonyl (C=O) groups is 2. The molecule has 0 unspecified atom stereocenters. The number of carboxylic acid groups (broad SMARTS) is 1. The second-order valence-electron chi connectivity index (χ2n) is 9.03. The summed E-state index contributed by atoms with van der Waals surface area (Å²) in [7, 11) is -4.06. The van der Waals surface area contributed by atoms with Crippen molar-refractivity contribution < 1.29 is 32.5 Å². The first-order chi connectivity index (χ1) is 16.7. The minimum absolute atomic E-state index is 0.117. The molecular formula is C23H24N4O7S. The number of likely N-dealkylation sites (tertiary alicyclic amines) is 1. The molecule has 5 rings (SSSR count). The summed E-state index contributed by atoms with van der Waals surface area (Å²) in [4.78, 5) is 26.0. The number of nitrogens with zero attached hydrogens (tertiary/aromatic N) is 3. The van der Waals surface area contributed by atoms with Crippen LogP contribution in [0.4, 0.5) is 5.69 Å². The van der Waals surface area contributed by atoms with Gasteiger partial charge in [0.2, 0.25) is 10.0 Å². The minimum atomic E-state index is -4.06. The average molecular weight is 501 g/mol. The van der Waals surface area contributed by atoms with Gasteiger partial charge in [-0.1, -0.05) is 6.07 Å². The van der Waals surface area contributed by atoms with Crippen LogP contribution in [0.3, 0.4) is 0 Å². The predicted octanol–water partition coefficient (Wildman–Crippen LogP) is 2.09. The highest BCUT2D eigenvalue weighted by Crippen LogP contribution is 2.40. The molecule has 1 saturated heterocycles. The van der Waals surface area contributed by atoms with Gasteiger partial charge in [-0.2, -0.15) is 0 Å². The SMILES string of the molecule is O=C(O)CS(=O)(=O)Nc1ccc2c(c1)C(=O)CC1(CCN(CCc3ccc4nonc4c3)CC1)O2. The van der Waals surface area contributed by atoms with Crippen LogP contribution in [0.25, 0.3) is 11.0 Å². The molecule has 0 saturated carbocycles. The third-order valence-electron chi connectivity index (χ3n) is 6.48. The van der Waals surface area contributed by atoms with Crippen LogP contribution in [-0.2, 0) is 21.2 Å². The highest BCUT2D eigenvalue weighted by atomic mass is 32.2. The Morgan fingerprint density at radius 2 is 1.89 bits per heavy atom. The number of aliphatic carboxylic acids is 1. The fourth-order valence-corrected chi connectivity index (χ4v) is 5.55. The van der Waals surface area contributed by atoms with Gasteiger partial charge >= 0.3 is 5.97 Å². The van der Waals surface area contributed by atoms with E-state index in [1.807, 2.05) is 18.2 Å². The molecule has 11 nitrogen and oxygen atoms in total. The van der Waals surface area contributed by atoms with E-state index in [4.69, 9.17) is 14.5 Å². The van der Waals surface area contributed by atoms with Crippen molar-refractivity contribution in [1.29, 1.82) is 0 Å². The number of nitrogens with one attached hydrogen (secondary N) is 1. The Morgan fingerprint density at radius 3 is 2.66 bits per heavy atom. The molecule has 0 radical (unpaired) electrons. The second kappa shape index (κ2) is 8.93. The van der Waals surface area contributed by atoms with Crippen molar-refractivity contribution in [2.75, 3.05) is 30.1 Å². The maximum Gasteiger partial charge on any atom is 0.320 e. The highest BCUT2D eigenvalue weighted by molar-refractivity contribution is 7.93. The molecule has 1 fully saturated rings. The molecule has 3 aromatic rings. The van der Waals surface area contributed by atoms with Gasteiger partial charge in [-0.15, -0.1) is 0 Å². The van der Waals surface area contributed by atoms with E-state index < -0.39 is 27.3 Å². The van der Waals surface area contributed by atoms with Crippen molar-refractivity contribution in [3.8, 4) is 5.75 Å². The van der Waals surface area contributed by atoms with Crippen LogP contribution in [0, 0.1) is 0 Å². The Kier molecular flexibility index (Phi) is 5.93. The quantitative estimate of drug-likeness (QED) is 0.493. The zero-order valence-corrected chi connectivity index (χ0v) is 19.6. The number of sulfonamides is 1. The summed E-state index contributed by atoms with van der Waals surface area (Å²) >= 11 is 0. The van der Waals surface area contributed by atoms with Gasteiger partial charge < -0.3 is 14.7 Å². The fourth-order valence-electron chi connectivity index (χ4n) is 4.67. The Hall–Kier alpha value is -3.51. The molecule has 0 amide bonds. The molecule has 3 heterocycles. The number of hydrogen-bond acceptors (Lipinski definition) is 9. The summed E-state index contributed by atoms with van der Waals surface area (Å²) in [6.07, 6.45) is 2.49. The van der Waals surface area contributed by atoms with E-state index >= 15 is 0 Å². The number of ether oxygens (including phenoxy) is 1. The average Bonchev–Trinajstić information content (AvgIpc) is 3.26. The number of hydrogen-bond donors (Lipinski definition) is 2.